The summed E-state index contributed by atoms with van der Waals surface area (Å²) in [4.78, 5) is 33.1. The topological polar surface area (TPSA) is 61.8 Å². The predicted molar refractivity (Wildman–Crippen MR) is 122 cm³/mol. The van der Waals surface area contributed by atoms with Gasteiger partial charge < -0.3 is 10.2 Å². The second-order valence-corrected chi connectivity index (χ2v) is 8.47. The highest BCUT2D eigenvalue weighted by Crippen LogP contribution is 2.36. The molecule has 0 unspecified atom stereocenters. The fraction of sp³-hybridized carbons (Fsp3) is 0.208. The number of rotatable bonds is 5. The first-order valence-corrected chi connectivity index (χ1v) is 10.8. The molecular weight excluding hydrogens is 413 g/mol. The predicted octanol–water partition coefficient (Wildman–Crippen LogP) is 4.68. The number of thiophene rings is 1. The largest absolute Gasteiger partial charge is 0.350 e. The highest BCUT2D eigenvalue weighted by molar-refractivity contribution is 7.12. The van der Waals surface area contributed by atoms with Gasteiger partial charge in [0.1, 0.15) is 12.4 Å². The molecule has 0 spiro atoms. The number of fused-ring (bicyclic) bond motifs is 1. The fourth-order valence-corrected chi connectivity index (χ4v) is 4.12. The van der Waals surface area contributed by atoms with Gasteiger partial charge in [-0.2, -0.15) is 0 Å². The van der Waals surface area contributed by atoms with E-state index in [4.69, 9.17) is 4.99 Å². The molecule has 0 bridgehead atoms. The minimum Gasteiger partial charge on any atom is -0.350 e. The molecule has 2 heterocycles. The number of benzene rings is 2. The first-order valence-electron chi connectivity index (χ1n) is 9.95. The van der Waals surface area contributed by atoms with Crippen LogP contribution in [0.2, 0.25) is 0 Å². The van der Waals surface area contributed by atoms with Gasteiger partial charge in [0.15, 0.2) is 0 Å². The van der Waals surface area contributed by atoms with E-state index < -0.39 is 0 Å². The van der Waals surface area contributed by atoms with Crippen molar-refractivity contribution in [1.82, 2.24) is 5.32 Å². The van der Waals surface area contributed by atoms with E-state index in [2.05, 4.69) is 5.32 Å². The third-order valence-corrected chi connectivity index (χ3v) is 6.19. The first kappa shape index (κ1) is 20.9. The van der Waals surface area contributed by atoms with Gasteiger partial charge in [0.05, 0.1) is 23.5 Å². The van der Waals surface area contributed by atoms with E-state index in [1.807, 2.05) is 43.5 Å². The van der Waals surface area contributed by atoms with Crippen molar-refractivity contribution in [1.29, 1.82) is 0 Å². The molecule has 0 atom stereocenters. The van der Waals surface area contributed by atoms with Gasteiger partial charge in [-0.1, -0.05) is 18.2 Å². The van der Waals surface area contributed by atoms with Crippen LogP contribution in [-0.4, -0.2) is 24.1 Å². The Labute approximate surface area is 184 Å². The summed E-state index contributed by atoms with van der Waals surface area (Å²) in [5.41, 5.74) is 4.91. The van der Waals surface area contributed by atoms with Crippen molar-refractivity contribution in [3.8, 4) is 0 Å². The molecule has 2 aromatic carbocycles. The number of anilines is 1. The molecule has 5 nitrogen and oxygen atoms in total. The molecule has 2 amide bonds. The van der Waals surface area contributed by atoms with Crippen LogP contribution in [0.4, 0.5) is 15.8 Å². The van der Waals surface area contributed by atoms with E-state index >= 15 is 0 Å². The summed E-state index contributed by atoms with van der Waals surface area (Å²) in [5.74, 6) is -0.790. The van der Waals surface area contributed by atoms with Gasteiger partial charge in [-0.25, -0.2) is 9.38 Å². The van der Waals surface area contributed by atoms with Gasteiger partial charge in [-0.3, -0.25) is 9.59 Å². The molecular formula is C24H22FN3O2S. The summed E-state index contributed by atoms with van der Waals surface area (Å²) in [6.45, 7) is 4.13. The Morgan fingerprint density at radius 3 is 2.61 bits per heavy atom. The molecule has 4 rings (SSSR count). The van der Waals surface area contributed by atoms with E-state index in [9.17, 15) is 14.0 Å². The van der Waals surface area contributed by atoms with Crippen LogP contribution in [0, 0.1) is 19.7 Å². The number of carbonyl (C=O) groups excluding carboxylic acids is 2. The van der Waals surface area contributed by atoms with Crippen molar-refractivity contribution >= 4 is 40.2 Å². The molecule has 1 aliphatic rings. The van der Waals surface area contributed by atoms with Crippen molar-refractivity contribution in [2.75, 3.05) is 11.4 Å². The number of nitrogens with zero attached hydrogens (tertiary/aromatic N) is 2. The summed E-state index contributed by atoms with van der Waals surface area (Å²) < 4.78 is 13.1. The van der Waals surface area contributed by atoms with Crippen LogP contribution in [0.1, 0.15) is 28.0 Å². The van der Waals surface area contributed by atoms with Crippen LogP contribution >= 0.6 is 11.3 Å². The molecule has 0 radical (unpaired) electrons. The normalized spacial score (nSPS) is 13.5. The number of carbonyl (C=O) groups is 2. The second kappa shape index (κ2) is 8.81. The SMILES string of the molecule is Cc1cc2c(cc1C)N(CC(=O)NCc1ccc(F)cc1)C(=O)CC(c1cccs1)=N2. The van der Waals surface area contributed by atoms with Crippen molar-refractivity contribution in [3.05, 3.63) is 81.3 Å². The smallest absolute Gasteiger partial charge is 0.240 e. The molecule has 0 fully saturated rings. The zero-order chi connectivity index (χ0) is 22.0. The maximum atomic E-state index is 13.2. The van der Waals surface area contributed by atoms with Gasteiger partial charge in [-0.15, -0.1) is 11.3 Å². The summed E-state index contributed by atoms with van der Waals surface area (Å²) >= 11 is 1.54. The van der Waals surface area contributed by atoms with Gasteiger partial charge in [-0.05, 0) is 66.2 Å². The Balaban J connectivity index is 1.58. The lowest BCUT2D eigenvalue weighted by Crippen LogP contribution is -2.41. The van der Waals surface area contributed by atoms with Gasteiger partial charge >= 0.3 is 0 Å². The third-order valence-electron chi connectivity index (χ3n) is 5.27. The standard InChI is InChI=1S/C24H22FN3O2S/c1-15-10-19-21(11-16(15)2)28(24(30)12-20(27-19)22-4-3-9-31-22)14-23(29)26-13-17-5-7-18(25)8-6-17/h3-11H,12-14H2,1-2H3,(H,26,29). The summed E-state index contributed by atoms with van der Waals surface area (Å²) in [5, 5.41) is 4.77. The Bertz CT molecular complexity index is 1150. The summed E-state index contributed by atoms with van der Waals surface area (Å²) in [6.07, 6.45) is 0.124. The van der Waals surface area contributed by atoms with Crippen molar-refractivity contribution in [3.63, 3.8) is 0 Å². The van der Waals surface area contributed by atoms with Crippen LogP contribution in [0.15, 0.2) is 58.9 Å². The molecule has 1 aromatic heterocycles. The van der Waals surface area contributed by atoms with Gasteiger partial charge in [0, 0.05) is 11.4 Å². The van der Waals surface area contributed by atoms with Crippen LogP contribution in [0.3, 0.4) is 0 Å². The molecule has 0 saturated heterocycles. The van der Waals surface area contributed by atoms with Crippen LogP contribution in [0.5, 0.6) is 0 Å². The average molecular weight is 436 g/mol. The number of aliphatic imine (C=N–C) groups is 1. The number of amides is 2. The molecule has 0 saturated carbocycles. The molecule has 158 valence electrons. The molecule has 3 aromatic rings. The lowest BCUT2D eigenvalue weighted by molar-refractivity contribution is -0.123. The lowest BCUT2D eigenvalue weighted by Gasteiger charge is -2.23. The Hall–Kier alpha value is -3.32. The third kappa shape index (κ3) is 4.72. The lowest BCUT2D eigenvalue weighted by atomic mass is 10.1. The second-order valence-electron chi connectivity index (χ2n) is 7.52. The van der Waals surface area contributed by atoms with Crippen LogP contribution in [-0.2, 0) is 16.1 Å². The van der Waals surface area contributed by atoms with E-state index in [0.717, 1.165) is 21.6 Å². The minimum absolute atomic E-state index is 0.108. The maximum absolute atomic E-state index is 13.2. The highest BCUT2D eigenvalue weighted by Gasteiger charge is 2.27. The van der Waals surface area contributed by atoms with E-state index in [0.29, 0.717) is 17.1 Å². The molecule has 1 aliphatic heterocycles. The fourth-order valence-electron chi connectivity index (χ4n) is 3.41. The zero-order valence-electron chi connectivity index (χ0n) is 17.3. The van der Waals surface area contributed by atoms with Crippen LogP contribution < -0.4 is 10.2 Å². The Morgan fingerprint density at radius 2 is 1.90 bits per heavy atom. The van der Waals surface area contributed by atoms with E-state index in [1.54, 1.807) is 12.1 Å². The highest BCUT2D eigenvalue weighted by atomic mass is 32.1. The zero-order valence-corrected chi connectivity index (χ0v) is 18.1. The first-order chi connectivity index (χ1) is 14.9. The monoisotopic (exact) mass is 435 g/mol. The number of halogens is 1. The summed E-state index contributed by atoms with van der Waals surface area (Å²) in [7, 11) is 0. The number of hydrogen-bond acceptors (Lipinski definition) is 4. The molecule has 7 heteroatoms. The van der Waals surface area contributed by atoms with Crippen molar-refractivity contribution in [2.45, 2.75) is 26.8 Å². The molecule has 0 aliphatic carbocycles. The van der Waals surface area contributed by atoms with Crippen molar-refractivity contribution < 1.29 is 14.0 Å². The Morgan fingerprint density at radius 1 is 1.16 bits per heavy atom. The maximum Gasteiger partial charge on any atom is 0.240 e. The molecule has 1 N–H and O–H groups in total. The van der Waals surface area contributed by atoms with Crippen LogP contribution in [0.25, 0.3) is 0 Å². The molecule has 31 heavy (non-hydrogen) atoms. The average Bonchev–Trinajstić information content (AvgIpc) is 3.24. The summed E-state index contributed by atoms with van der Waals surface area (Å²) in [6, 6.07) is 13.7. The number of hydrogen-bond donors (Lipinski definition) is 1. The minimum atomic E-state index is -0.325. The number of aryl methyl sites for hydroxylation is 2. The van der Waals surface area contributed by atoms with Gasteiger partial charge in [0.2, 0.25) is 11.8 Å². The van der Waals surface area contributed by atoms with E-state index in [1.165, 1.54) is 28.4 Å². The Kier molecular flexibility index (Phi) is 5.95. The van der Waals surface area contributed by atoms with Crippen molar-refractivity contribution in [2.24, 2.45) is 4.99 Å². The number of nitrogens with one attached hydrogen (secondary N) is 1. The quantitative estimate of drug-likeness (QED) is 0.633. The van der Waals surface area contributed by atoms with Gasteiger partial charge in [0.25, 0.3) is 0 Å². The van der Waals surface area contributed by atoms with E-state index in [-0.39, 0.29) is 37.1 Å².